The molecular weight excluding hydrogens is 272 g/mol. The van der Waals surface area contributed by atoms with Crippen molar-refractivity contribution in [3.63, 3.8) is 0 Å². The largest absolute Gasteiger partial charge is 0.310 e. The molecular formula is C15H26N2O2S. The minimum Gasteiger partial charge on any atom is -0.310 e. The second-order valence-corrected chi connectivity index (χ2v) is 8.00. The zero-order valence-corrected chi connectivity index (χ0v) is 13.8. The third-order valence-electron chi connectivity index (χ3n) is 2.97. The van der Waals surface area contributed by atoms with Gasteiger partial charge in [0.05, 0.1) is 4.90 Å². The van der Waals surface area contributed by atoms with Crippen molar-refractivity contribution in [3.8, 4) is 0 Å². The van der Waals surface area contributed by atoms with Crippen LogP contribution in [-0.4, -0.2) is 21.5 Å². The van der Waals surface area contributed by atoms with Crippen molar-refractivity contribution >= 4 is 10.0 Å². The van der Waals surface area contributed by atoms with Crippen LogP contribution < -0.4 is 10.0 Å². The maximum atomic E-state index is 12.3. The van der Waals surface area contributed by atoms with Gasteiger partial charge in [-0.1, -0.05) is 39.8 Å². The van der Waals surface area contributed by atoms with Crippen LogP contribution in [0.5, 0.6) is 0 Å². The molecule has 20 heavy (non-hydrogen) atoms. The molecule has 0 aliphatic heterocycles. The Morgan fingerprint density at radius 2 is 1.90 bits per heavy atom. The van der Waals surface area contributed by atoms with Crippen molar-refractivity contribution in [2.24, 2.45) is 5.41 Å². The van der Waals surface area contributed by atoms with Crippen molar-refractivity contribution in [3.05, 3.63) is 29.8 Å². The fraction of sp³-hybridized carbons (Fsp3) is 0.600. The average Bonchev–Trinajstić information content (AvgIpc) is 2.36. The van der Waals surface area contributed by atoms with E-state index in [1.54, 1.807) is 18.2 Å². The molecule has 2 N–H and O–H groups in total. The predicted molar refractivity (Wildman–Crippen MR) is 83.2 cm³/mol. The van der Waals surface area contributed by atoms with Crippen molar-refractivity contribution < 1.29 is 8.42 Å². The van der Waals surface area contributed by atoms with E-state index >= 15 is 0 Å². The fourth-order valence-corrected chi connectivity index (χ4v) is 3.11. The summed E-state index contributed by atoms with van der Waals surface area (Å²) in [4.78, 5) is 0.323. The van der Waals surface area contributed by atoms with E-state index in [2.05, 4.69) is 10.0 Å². The number of hydrogen-bond donors (Lipinski definition) is 2. The van der Waals surface area contributed by atoms with Crippen LogP contribution >= 0.6 is 0 Å². The van der Waals surface area contributed by atoms with Crippen molar-refractivity contribution in [2.45, 2.75) is 45.6 Å². The molecule has 0 spiro atoms. The lowest BCUT2D eigenvalue weighted by Crippen LogP contribution is -2.32. The molecule has 1 aromatic rings. The van der Waals surface area contributed by atoms with Gasteiger partial charge in [0.2, 0.25) is 10.0 Å². The van der Waals surface area contributed by atoms with Gasteiger partial charge in [0.15, 0.2) is 0 Å². The molecule has 1 rings (SSSR count). The molecule has 1 atom stereocenters. The molecule has 4 nitrogen and oxygen atoms in total. The lowest BCUT2D eigenvalue weighted by atomic mass is 9.98. The lowest BCUT2D eigenvalue weighted by Gasteiger charge is -2.19. The molecule has 0 saturated carbocycles. The number of nitrogens with one attached hydrogen (secondary N) is 2. The molecule has 0 aliphatic carbocycles. The first-order valence-corrected chi connectivity index (χ1v) is 8.47. The summed E-state index contributed by atoms with van der Waals surface area (Å²) in [6.45, 7) is 11.3. The third-order valence-corrected chi connectivity index (χ3v) is 4.37. The summed E-state index contributed by atoms with van der Waals surface area (Å²) in [6, 6.07) is 7.23. The number of hydrogen-bond acceptors (Lipinski definition) is 3. The molecule has 0 amide bonds. The van der Waals surface area contributed by atoms with Crippen molar-refractivity contribution in [1.29, 1.82) is 0 Å². The van der Waals surface area contributed by atoms with E-state index in [0.717, 1.165) is 12.1 Å². The summed E-state index contributed by atoms with van der Waals surface area (Å²) >= 11 is 0. The first kappa shape index (κ1) is 17.1. The molecule has 0 aliphatic rings. The van der Waals surface area contributed by atoms with Gasteiger partial charge >= 0.3 is 0 Å². The minimum atomic E-state index is -3.44. The summed E-state index contributed by atoms with van der Waals surface area (Å²) in [5.74, 6) is 0. The van der Waals surface area contributed by atoms with Crippen LogP contribution in [0.4, 0.5) is 0 Å². The first-order chi connectivity index (χ1) is 9.15. The molecule has 0 heterocycles. The van der Waals surface area contributed by atoms with E-state index in [1.807, 2.05) is 40.7 Å². The molecule has 5 heteroatoms. The minimum absolute atomic E-state index is 0.0816. The second kappa shape index (κ2) is 6.70. The van der Waals surface area contributed by atoms with Crippen molar-refractivity contribution in [1.82, 2.24) is 10.0 Å². The molecule has 0 bridgehead atoms. The Morgan fingerprint density at radius 3 is 2.45 bits per heavy atom. The SMILES string of the molecule is CCNC(C)c1cccc(S(=O)(=O)NCC(C)(C)C)c1. The van der Waals surface area contributed by atoms with Crippen LogP contribution in [0.15, 0.2) is 29.2 Å². The summed E-state index contributed by atoms with van der Waals surface area (Å²) in [5, 5.41) is 3.28. The molecule has 114 valence electrons. The van der Waals surface area contributed by atoms with E-state index in [0.29, 0.717) is 11.4 Å². The normalized spacial score (nSPS) is 14.2. The van der Waals surface area contributed by atoms with Gasteiger partial charge in [-0.15, -0.1) is 0 Å². The lowest BCUT2D eigenvalue weighted by molar-refractivity contribution is 0.407. The molecule has 0 fully saturated rings. The Balaban J connectivity index is 2.93. The van der Waals surface area contributed by atoms with Crippen LogP contribution in [0.2, 0.25) is 0 Å². The standard InChI is InChI=1S/C15H26N2O2S/c1-6-16-12(2)13-8-7-9-14(10-13)20(18,19)17-11-15(3,4)5/h7-10,12,16-17H,6,11H2,1-5H3. The number of rotatable bonds is 6. The zero-order chi connectivity index (χ0) is 15.4. The van der Waals surface area contributed by atoms with Gasteiger partial charge in [0, 0.05) is 12.6 Å². The monoisotopic (exact) mass is 298 g/mol. The summed E-state index contributed by atoms with van der Waals surface area (Å²) in [5.41, 5.74) is 0.896. The van der Waals surface area contributed by atoms with Crippen LogP contribution in [-0.2, 0) is 10.0 Å². The molecule has 1 unspecified atom stereocenters. The smallest absolute Gasteiger partial charge is 0.240 e. The van der Waals surface area contributed by atoms with Gasteiger partial charge in [-0.25, -0.2) is 13.1 Å². The second-order valence-electron chi connectivity index (χ2n) is 6.24. The van der Waals surface area contributed by atoms with Gasteiger partial charge in [0.25, 0.3) is 0 Å². The highest BCUT2D eigenvalue weighted by Crippen LogP contribution is 2.18. The van der Waals surface area contributed by atoms with Crippen LogP contribution in [0.25, 0.3) is 0 Å². The topological polar surface area (TPSA) is 58.2 Å². The van der Waals surface area contributed by atoms with Gasteiger partial charge < -0.3 is 5.32 Å². The van der Waals surface area contributed by atoms with Gasteiger partial charge in [-0.2, -0.15) is 0 Å². The van der Waals surface area contributed by atoms with E-state index in [-0.39, 0.29) is 11.5 Å². The first-order valence-electron chi connectivity index (χ1n) is 6.99. The molecule has 0 aromatic heterocycles. The summed E-state index contributed by atoms with van der Waals surface area (Å²) in [7, 11) is -3.44. The number of sulfonamides is 1. The highest BCUT2D eigenvalue weighted by Gasteiger charge is 2.19. The summed E-state index contributed by atoms with van der Waals surface area (Å²) in [6.07, 6.45) is 0. The maximum Gasteiger partial charge on any atom is 0.240 e. The van der Waals surface area contributed by atoms with E-state index < -0.39 is 10.0 Å². The molecule has 1 aromatic carbocycles. The maximum absolute atomic E-state index is 12.3. The zero-order valence-electron chi connectivity index (χ0n) is 13.0. The highest BCUT2D eigenvalue weighted by atomic mass is 32.2. The van der Waals surface area contributed by atoms with Crippen LogP contribution in [0, 0.1) is 5.41 Å². The predicted octanol–water partition coefficient (Wildman–Crippen LogP) is 2.68. The highest BCUT2D eigenvalue weighted by molar-refractivity contribution is 7.89. The van der Waals surface area contributed by atoms with Crippen molar-refractivity contribution in [2.75, 3.05) is 13.1 Å². The Hall–Kier alpha value is -0.910. The third kappa shape index (κ3) is 5.23. The average molecular weight is 298 g/mol. The van der Waals surface area contributed by atoms with Crippen LogP contribution in [0.3, 0.4) is 0 Å². The van der Waals surface area contributed by atoms with Crippen LogP contribution in [0.1, 0.15) is 46.2 Å². The van der Waals surface area contributed by atoms with E-state index in [1.165, 1.54) is 0 Å². The summed E-state index contributed by atoms with van der Waals surface area (Å²) < 4.78 is 27.2. The van der Waals surface area contributed by atoms with Gasteiger partial charge in [-0.05, 0) is 36.6 Å². The Kier molecular flexibility index (Phi) is 5.74. The quantitative estimate of drug-likeness (QED) is 0.849. The van der Waals surface area contributed by atoms with Gasteiger partial charge in [0.1, 0.15) is 0 Å². The Labute approximate surface area is 123 Å². The Bertz CT molecular complexity index is 533. The molecule has 0 saturated heterocycles. The molecule has 0 radical (unpaired) electrons. The Morgan fingerprint density at radius 1 is 1.25 bits per heavy atom. The van der Waals surface area contributed by atoms with E-state index in [4.69, 9.17) is 0 Å². The number of benzene rings is 1. The van der Waals surface area contributed by atoms with Gasteiger partial charge in [-0.3, -0.25) is 0 Å². The van der Waals surface area contributed by atoms with E-state index in [9.17, 15) is 8.42 Å². The fourth-order valence-electron chi connectivity index (χ4n) is 1.77.